The number of rotatable bonds is 3. The van der Waals surface area contributed by atoms with Crippen LogP contribution in [0.15, 0.2) is 24.3 Å². The van der Waals surface area contributed by atoms with Crippen LogP contribution in [0.25, 0.3) is 10.1 Å². The van der Waals surface area contributed by atoms with Crippen LogP contribution in [0.1, 0.15) is 29.6 Å². The van der Waals surface area contributed by atoms with Crippen molar-refractivity contribution in [3.63, 3.8) is 0 Å². The number of piperazine rings is 1. The summed E-state index contributed by atoms with van der Waals surface area (Å²) in [7, 11) is 2.18. The Morgan fingerprint density at radius 2 is 2.04 bits per heavy atom. The number of fused-ring (bicyclic) bond motifs is 3. The highest BCUT2D eigenvalue weighted by molar-refractivity contribution is 7.22. The zero-order chi connectivity index (χ0) is 17.7. The lowest BCUT2D eigenvalue weighted by Crippen LogP contribution is -2.44. The maximum absolute atomic E-state index is 12.7. The second-order valence-electron chi connectivity index (χ2n) is 7.99. The highest BCUT2D eigenvalue weighted by Crippen LogP contribution is 2.34. The molecular formula is C20H26N4OS. The quantitative estimate of drug-likeness (QED) is 0.870. The molecule has 3 atom stereocenters. The minimum absolute atomic E-state index is 0.0702. The topological polar surface area (TPSA) is 47.6 Å². The van der Waals surface area contributed by atoms with E-state index in [0.717, 1.165) is 38.2 Å². The number of hydrogen-bond donors (Lipinski definition) is 2. The average Bonchev–Trinajstić information content (AvgIpc) is 3.36. The van der Waals surface area contributed by atoms with Gasteiger partial charge in [-0.25, -0.2) is 0 Å². The number of thiophene rings is 1. The van der Waals surface area contributed by atoms with Gasteiger partial charge in [0.05, 0.1) is 5.00 Å². The number of likely N-dealkylation sites (N-methyl/N-ethyl adjacent to an activating group) is 1. The SMILES string of the molecule is CN1CCN(c2cc3ccc(C(=O)N[C@@H]4C[C@H]5CC[C@@H]4N5)cc3s2)CC1. The van der Waals surface area contributed by atoms with E-state index < -0.39 is 0 Å². The fourth-order valence-electron chi connectivity index (χ4n) is 4.58. The van der Waals surface area contributed by atoms with Crippen molar-refractivity contribution in [2.24, 2.45) is 0 Å². The fourth-order valence-corrected chi connectivity index (χ4v) is 5.73. The molecule has 0 saturated carbocycles. The molecular weight excluding hydrogens is 344 g/mol. The molecule has 0 radical (unpaired) electrons. The van der Waals surface area contributed by atoms with Gasteiger partial charge in [-0.1, -0.05) is 6.07 Å². The van der Waals surface area contributed by atoms with Crippen molar-refractivity contribution in [3.05, 3.63) is 29.8 Å². The van der Waals surface area contributed by atoms with Gasteiger partial charge >= 0.3 is 0 Å². The summed E-state index contributed by atoms with van der Waals surface area (Å²) >= 11 is 1.81. The van der Waals surface area contributed by atoms with Gasteiger partial charge in [-0.2, -0.15) is 0 Å². The smallest absolute Gasteiger partial charge is 0.251 e. The fraction of sp³-hybridized carbons (Fsp3) is 0.550. The Morgan fingerprint density at radius 1 is 1.19 bits per heavy atom. The van der Waals surface area contributed by atoms with Crippen molar-refractivity contribution in [2.45, 2.75) is 37.4 Å². The van der Waals surface area contributed by atoms with E-state index in [1.807, 2.05) is 6.07 Å². The molecule has 4 heterocycles. The first kappa shape index (κ1) is 16.5. The average molecular weight is 371 g/mol. The van der Waals surface area contributed by atoms with Crippen LogP contribution < -0.4 is 15.5 Å². The first-order chi connectivity index (χ1) is 12.7. The molecule has 0 unspecified atom stereocenters. The Hall–Kier alpha value is -1.63. The minimum Gasteiger partial charge on any atom is -0.361 e. The minimum atomic E-state index is 0.0702. The Balaban J connectivity index is 1.32. The van der Waals surface area contributed by atoms with Crippen molar-refractivity contribution in [3.8, 4) is 0 Å². The number of carbonyl (C=O) groups excluding carboxylic acids is 1. The molecule has 1 amide bonds. The monoisotopic (exact) mass is 370 g/mol. The number of benzene rings is 1. The zero-order valence-electron chi connectivity index (χ0n) is 15.2. The van der Waals surface area contributed by atoms with Gasteiger partial charge in [0.1, 0.15) is 0 Å². The van der Waals surface area contributed by atoms with Gasteiger partial charge in [-0.05, 0) is 49.9 Å². The highest BCUT2D eigenvalue weighted by atomic mass is 32.1. The van der Waals surface area contributed by atoms with E-state index in [1.54, 1.807) is 11.3 Å². The predicted molar refractivity (Wildman–Crippen MR) is 107 cm³/mol. The standard InChI is InChI=1S/C20H26N4OS/c1-23-6-8-24(9-7-23)19-11-13-2-3-14(10-18(13)26-19)20(25)22-17-12-15-4-5-16(17)21-15/h2-3,10-11,15-17,21H,4-9,12H2,1H3,(H,22,25)/t15-,16+,17-/m1/s1. The lowest BCUT2D eigenvalue weighted by molar-refractivity contribution is 0.0931. The van der Waals surface area contributed by atoms with Crippen molar-refractivity contribution in [1.29, 1.82) is 0 Å². The summed E-state index contributed by atoms with van der Waals surface area (Å²) in [6.07, 6.45) is 3.52. The van der Waals surface area contributed by atoms with E-state index in [4.69, 9.17) is 0 Å². The molecule has 2 bridgehead atoms. The third-order valence-electron chi connectivity index (χ3n) is 6.20. The molecule has 1 aromatic carbocycles. The Labute approximate surface area is 158 Å². The van der Waals surface area contributed by atoms with Crippen molar-refractivity contribution in [1.82, 2.24) is 15.5 Å². The van der Waals surface area contributed by atoms with Crippen molar-refractivity contribution in [2.75, 3.05) is 38.1 Å². The summed E-state index contributed by atoms with van der Waals surface area (Å²) in [6.45, 7) is 4.38. The van der Waals surface area contributed by atoms with Gasteiger partial charge in [0.15, 0.2) is 0 Å². The molecule has 2 N–H and O–H groups in total. The molecule has 3 saturated heterocycles. The molecule has 5 rings (SSSR count). The lowest BCUT2D eigenvalue weighted by Gasteiger charge is -2.32. The van der Waals surface area contributed by atoms with Crippen LogP contribution in [0.5, 0.6) is 0 Å². The maximum atomic E-state index is 12.7. The summed E-state index contributed by atoms with van der Waals surface area (Å²) in [5.74, 6) is 0.0702. The largest absolute Gasteiger partial charge is 0.361 e. The lowest BCUT2D eigenvalue weighted by atomic mass is 9.95. The number of anilines is 1. The third kappa shape index (κ3) is 3.00. The maximum Gasteiger partial charge on any atom is 0.251 e. The molecule has 1 aromatic heterocycles. The Kier molecular flexibility index (Phi) is 4.14. The van der Waals surface area contributed by atoms with Crippen molar-refractivity contribution < 1.29 is 4.79 Å². The second kappa shape index (κ2) is 6.51. The van der Waals surface area contributed by atoms with E-state index in [-0.39, 0.29) is 5.91 Å². The van der Waals surface area contributed by atoms with E-state index >= 15 is 0 Å². The Morgan fingerprint density at radius 3 is 2.77 bits per heavy atom. The van der Waals surface area contributed by atoms with Crippen LogP contribution >= 0.6 is 11.3 Å². The molecule has 138 valence electrons. The summed E-state index contributed by atoms with van der Waals surface area (Å²) in [4.78, 5) is 17.6. The van der Waals surface area contributed by atoms with E-state index in [1.165, 1.54) is 27.9 Å². The number of nitrogens with zero attached hydrogens (tertiary/aromatic N) is 2. The molecule has 26 heavy (non-hydrogen) atoms. The summed E-state index contributed by atoms with van der Waals surface area (Å²) in [6, 6.07) is 9.77. The predicted octanol–water partition coefficient (Wildman–Crippen LogP) is 2.28. The van der Waals surface area contributed by atoms with Gasteiger partial charge in [-0.3, -0.25) is 4.79 Å². The van der Waals surface area contributed by atoms with Gasteiger partial charge < -0.3 is 20.4 Å². The van der Waals surface area contributed by atoms with E-state index in [0.29, 0.717) is 18.1 Å². The summed E-state index contributed by atoms with van der Waals surface area (Å²) < 4.78 is 1.21. The molecule has 3 aliphatic rings. The highest BCUT2D eigenvalue weighted by Gasteiger charge is 2.39. The number of amides is 1. The zero-order valence-corrected chi connectivity index (χ0v) is 16.0. The first-order valence-electron chi connectivity index (χ1n) is 9.70. The molecule has 3 fully saturated rings. The second-order valence-corrected chi connectivity index (χ2v) is 9.05. The molecule has 6 heteroatoms. The normalized spacial score (nSPS) is 28.8. The van der Waals surface area contributed by atoms with Crippen LogP contribution in [0.2, 0.25) is 0 Å². The van der Waals surface area contributed by atoms with Gasteiger partial charge in [0.25, 0.3) is 5.91 Å². The van der Waals surface area contributed by atoms with E-state index in [2.05, 4.69) is 45.7 Å². The van der Waals surface area contributed by atoms with Crippen molar-refractivity contribution >= 4 is 32.3 Å². The number of hydrogen-bond acceptors (Lipinski definition) is 5. The summed E-state index contributed by atoms with van der Waals surface area (Å²) in [5, 5.41) is 9.40. The summed E-state index contributed by atoms with van der Waals surface area (Å²) in [5.41, 5.74) is 0.784. The number of carbonyl (C=O) groups is 1. The van der Waals surface area contributed by atoms with Crippen LogP contribution in [0.3, 0.4) is 0 Å². The van der Waals surface area contributed by atoms with Crippen LogP contribution in [0.4, 0.5) is 5.00 Å². The molecule has 3 aliphatic heterocycles. The van der Waals surface area contributed by atoms with Gasteiger partial charge in [0.2, 0.25) is 0 Å². The molecule has 0 aliphatic carbocycles. The number of nitrogens with one attached hydrogen (secondary N) is 2. The molecule has 5 nitrogen and oxygen atoms in total. The molecule has 2 aromatic rings. The van der Waals surface area contributed by atoms with Crippen LogP contribution in [0, 0.1) is 0 Å². The van der Waals surface area contributed by atoms with Crippen LogP contribution in [-0.2, 0) is 0 Å². The first-order valence-corrected chi connectivity index (χ1v) is 10.5. The van der Waals surface area contributed by atoms with Gasteiger partial charge in [0, 0.05) is 54.6 Å². The Bertz CT molecular complexity index is 826. The molecule has 0 spiro atoms. The third-order valence-corrected chi connectivity index (χ3v) is 7.36. The van der Waals surface area contributed by atoms with Gasteiger partial charge in [-0.15, -0.1) is 11.3 Å². The van der Waals surface area contributed by atoms with E-state index in [9.17, 15) is 4.79 Å². The van der Waals surface area contributed by atoms with Crippen LogP contribution in [-0.4, -0.2) is 62.2 Å².